The molecule has 4 heterocycles. The molecule has 1 aliphatic heterocycles. The maximum absolute atomic E-state index is 12.8. The summed E-state index contributed by atoms with van der Waals surface area (Å²) in [5, 5.41) is 3.33. The highest BCUT2D eigenvalue weighted by Gasteiger charge is 2.25. The Balaban J connectivity index is 1.50. The molecule has 5 rings (SSSR count). The molecule has 1 atom stereocenters. The van der Waals surface area contributed by atoms with Crippen LogP contribution in [-0.2, 0) is 6.54 Å². The molecule has 3 aromatic heterocycles. The molecule has 0 bridgehead atoms. The molecule has 8 nitrogen and oxygen atoms in total. The Morgan fingerprint density at radius 1 is 1.13 bits per heavy atom. The highest BCUT2D eigenvalue weighted by molar-refractivity contribution is 7.21. The molecule has 0 spiro atoms. The summed E-state index contributed by atoms with van der Waals surface area (Å²) < 4.78 is 31.7. The van der Waals surface area contributed by atoms with Gasteiger partial charge < -0.3 is 20.7 Å². The second-order valence-electron chi connectivity index (χ2n) is 9.77. The van der Waals surface area contributed by atoms with E-state index in [1.54, 1.807) is 0 Å². The third-order valence-corrected chi connectivity index (χ3v) is 7.42. The van der Waals surface area contributed by atoms with Gasteiger partial charge in [-0.2, -0.15) is 0 Å². The van der Waals surface area contributed by atoms with E-state index in [0.717, 1.165) is 49.9 Å². The summed E-state index contributed by atoms with van der Waals surface area (Å²) in [4.78, 5) is 21.5. The monoisotopic (exact) mass is 539 g/mol. The van der Waals surface area contributed by atoms with Crippen molar-refractivity contribution in [3.05, 3.63) is 53.1 Å². The molecule has 11 heteroatoms. The summed E-state index contributed by atoms with van der Waals surface area (Å²) in [7, 11) is 0. The maximum atomic E-state index is 12.8. The molecule has 200 valence electrons. The first kappa shape index (κ1) is 26.2. The van der Waals surface area contributed by atoms with Crippen molar-refractivity contribution in [1.29, 1.82) is 0 Å². The topological polar surface area (TPSA) is 102 Å². The number of hydrogen-bond acceptors (Lipinski definition) is 9. The molecule has 0 saturated heterocycles. The zero-order valence-corrected chi connectivity index (χ0v) is 22.6. The molecule has 0 unspecified atom stereocenters. The van der Waals surface area contributed by atoms with Crippen molar-refractivity contribution in [2.24, 2.45) is 0 Å². The summed E-state index contributed by atoms with van der Waals surface area (Å²) in [5.74, 6) is 2.33. The average molecular weight is 540 g/mol. The summed E-state index contributed by atoms with van der Waals surface area (Å²) in [6.07, 6.45) is -0.605. The number of pyridine rings is 1. The Kier molecular flexibility index (Phi) is 7.40. The Morgan fingerprint density at radius 2 is 1.95 bits per heavy atom. The fourth-order valence-corrected chi connectivity index (χ4v) is 5.46. The van der Waals surface area contributed by atoms with Crippen LogP contribution < -0.4 is 20.7 Å². The minimum atomic E-state index is -2.44. The lowest BCUT2D eigenvalue weighted by Crippen LogP contribution is -2.31. The van der Waals surface area contributed by atoms with Crippen molar-refractivity contribution in [3.63, 3.8) is 0 Å². The van der Waals surface area contributed by atoms with Gasteiger partial charge in [0.05, 0.1) is 19.1 Å². The Labute approximate surface area is 224 Å². The quantitative estimate of drug-likeness (QED) is 0.319. The number of alkyl halides is 2. The molecule has 0 aliphatic carbocycles. The third-order valence-electron chi connectivity index (χ3n) is 6.61. The van der Waals surface area contributed by atoms with E-state index in [4.69, 9.17) is 15.5 Å². The summed E-state index contributed by atoms with van der Waals surface area (Å²) in [6, 6.07) is 7.71. The van der Waals surface area contributed by atoms with Crippen LogP contribution in [0.2, 0.25) is 0 Å². The molecule has 3 N–H and O–H groups in total. The number of benzene rings is 1. The molecular weight excluding hydrogens is 508 g/mol. The van der Waals surface area contributed by atoms with Gasteiger partial charge in [0.1, 0.15) is 34.3 Å². The van der Waals surface area contributed by atoms with Crippen LogP contribution in [0.3, 0.4) is 0 Å². The van der Waals surface area contributed by atoms with Gasteiger partial charge in [-0.25, -0.2) is 28.7 Å². The van der Waals surface area contributed by atoms with Crippen LogP contribution in [0.15, 0.2) is 30.5 Å². The second-order valence-corrected chi connectivity index (χ2v) is 10.8. The molecule has 0 radical (unpaired) electrons. The van der Waals surface area contributed by atoms with Crippen molar-refractivity contribution in [1.82, 2.24) is 25.3 Å². The number of halogens is 2. The van der Waals surface area contributed by atoms with Crippen molar-refractivity contribution in [2.75, 3.05) is 30.3 Å². The number of aromatic nitrogens is 4. The number of thiazole rings is 1. The second kappa shape index (κ2) is 10.7. The SMILES string of the molecule is Cc1nc([C@@H](C)NCC(F)F)nc(N2CCOc3ccc(-c4cnc5sc(N)nc5c4)cc3C2)c1C(C)C. The van der Waals surface area contributed by atoms with E-state index >= 15 is 0 Å². The van der Waals surface area contributed by atoms with E-state index in [2.05, 4.69) is 45.1 Å². The first-order chi connectivity index (χ1) is 18.2. The van der Waals surface area contributed by atoms with Gasteiger partial charge in [-0.15, -0.1) is 0 Å². The van der Waals surface area contributed by atoms with Crippen LogP contribution in [-0.4, -0.2) is 46.1 Å². The van der Waals surface area contributed by atoms with Gasteiger partial charge in [-0.05, 0) is 43.5 Å². The van der Waals surface area contributed by atoms with Gasteiger partial charge in [0, 0.05) is 35.1 Å². The largest absolute Gasteiger partial charge is 0.491 e. The number of rotatable bonds is 7. The Morgan fingerprint density at radius 3 is 2.71 bits per heavy atom. The number of nitrogens with one attached hydrogen (secondary N) is 1. The normalized spacial score (nSPS) is 14.6. The summed E-state index contributed by atoms with van der Waals surface area (Å²) in [5.41, 5.74) is 11.5. The van der Waals surface area contributed by atoms with Crippen LogP contribution in [0.5, 0.6) is 5.75 Å². The first-order valence-electron chi connectivity index (χ1n) is 12.6. The molecule has 1 aromatic carbocycles. The fourth-order valence-electron chi connectivity index (χ4n) is 4.81. The fraction of sp³-hybridized carbons (Fsp3) is 0.407. The number of nitrogen functional groups attached to an aromatic ring is 1. The van der Waals surface area contributed by atoms with Gasteiger partial charge in [0.25, 0.3) is 6.43 Å². The molecule has 4 aromatic rings. The van der Waals surface area contributed by atoms with Crippen molar-refractivity contribution >= 4 is 32.6 Å². The molecule has 0 saturated carbocycles. The first-order valence-corrected chi connectivity index (χ1v) is 13.4. The average Bonchev–Trinajstić information content (AvgIpc) is 3.11. The smallest absolute Gasteiger partial charge is 0.250 e. The van der Waals surface area contributed by atoms with Crippen LogP contribution in [0.25, 0.3) is 21.5 Å². The number of ether oxygens (including phenoxy) is 1. The van der Waals surface area contributed by atoms with E-state index in [0.29, 0.717) is 30.7 Å². The van der Waals surface area contributed by atoms with Crippen LogP contribution in [0, 0.1) is 6.92 Å². The standard InChI is InChI=1S/C27H31F2N7OS/c1-14(2)23-15(3)33-24(16(4)31-12-22(28)29)35-25(23)36-7-8-37-21-6-5-17(9-19(21)13-36)18-10-20-26(32-11-18)38-27(30)34-20/h5-6,9-11,14,16,22,31H,7-8,12-13H2,1-4H3,(H2,30,34)/t16-/m1/s1. The van der Waals surface area contributed by atoms with Gasteiger partial charge >= 0.3 is 0 Å². The van der Waals surface area contributed by atoms with Crippen molar-refractivity contribution in [2.45, 2.75) is 52.6 Å². The van der Waals surface area contributed by atoms with E-state index in [1.165, 1.54) is 11.3 Å². The van der Waals surface area contributed by atoms with E-state index in [-0.39, 0.29) is 5.92 Å². The maximum Gasteiger partial charge on any atom is 0.250 e. The van der Waals surface area contributed by atoms with Gasteiger partial charge in [0.2, 0.25) is 0 Å². The lowest BCUT2D eigenvalue weighted by molar-refractivity contribution is 0.141. The number of fused-ring (bicyclic) bond motifs is 2. The number of hydrogen-bond donors (Lipinski definition) is 2. The highest BCUT2D eigenvalue weighted by atomic mass is 32.1. The van der Waals surface area contributed by atoms with E-state index < -0.39 is 19.0 Å². The minimum Gasteiger partial charge on any atom is -0.491 e. The zero-order valence-electron chi connectivity index (χ0n) is 21.8. The van der Waals surface area contributed by atoms with Crippen LogP contribution >= 0.6 is 11.3 Å². The van der Waals surface area contributed by atoms with E-state index in [1.807, 2.05) is 38.2 Å². The van der Waals surface area contributed by atoms with Crippen LogP contribution in [0.1, 0.15) is 55.4 Å². The molecule has 38 heavy (non-hydrogen) atoms. The van der Waals surface area contributed by atoms with Crippen molar-refractivity contribution in [3.8, 4) is 16.9 Å². The number of anilines is 2. The summed E-state index contributed by atoms with van der Waals surface area (Å²) in [6.45, 7) is 9.29. The number of nitrogens with zero attached hydrogens (tertiary/aromatic N) is 5. The Hall–Kier alpha value is -3.44. The van der Waals surface area contributed by atoms with Gasteiger partial charge in [-0.3, -0.25) is 0 Å². The van der Waals surface area contributed by atoms with Crippen molar-refractivity contribution < 1.29 is 13.5 Å². The van der Waals surface area contributed by atoms with Crippen LogP contribution in [0.4, 0.5) is 19.7 Å². The number of aryl methyl sites for hydroxylation is 1. The molecular formula is C27H31F2N7OS. The Bertz CT molecular complexity index is 1460. The predicted molar refractivity (Wildman–Crippen MR) is 147 cm³/mol. The third kappa shape index (κ3) is 5.39. The molecule has 0 fully saturated rings. The number of nitrogens with two attached hydrogens (primary N) is 1. The lowest BCUT2D eigenvalue weighted by Gasteiger charge is -2.27. The minimum absolute atomic E-state index is 0.182. The highest BCUT2D eigenvalue weighted by Crippen LogP contribution is 2.35. The lowest BCUT2D eigenvalue weighted by atomic mass is 10.0. The van der Waals surface area contributed by atoms with Gasteiger partial charge in [0.15, 0.2) is 5.13 Å². The summed E-state index contributed by atoms with van der Waals surface area (Å²) >= 11 is 1.37. The van der Waals surface area contributed by atoms with E-state index in [9.17, 15) is 8.78 Å². The zero-order chi connectivity index (χ0) is 27.0. The molecule has 1 aliphatic rings. The predicted octanol–water partition coefficient (Wildman–Crippen LogP) is 5.48. The molecule has 0 amide bonds. The van der Waals surface area contributed by atoms with Gasteiger partial charge in [-0.1, -0.05) is 31.3 Å².